The summed E-state index contributed by atoms with van der Waals surface area (Å²) in [5, 5.41) is 10.5. The van der Waals surface area contributed by atoms with Gasteiger partial charge in [0.25, 0.3) is 0 Å². The highest BCUT2D eigenvalue weighted by atomic mass is 19.1. The van der Waals surface area contributed by atoms with Gasteiger partial charge < -0.3 is 5.11 Å². The summed E-state index contributed by atoms with van der Waals surface area (Å²) in [6.07, 6.45) is 3.83. The van der Waals surface area contributed by atoms with Gasteiger partial charge in [-0.3, -0.25) is 0 Å². The van der Waals surface area contributed by atoms with Crippen LogP contribution in [0.2, 0.25) is 0 Å². The Bertz CT molecular complexity index is 346. The van der Waals surface area contributed by atoms with Gasteiger partial charge in [0, 0.05) is 0 Å². The predicted octanol–water partition coefficient (Wildman–Crippen LogP) is 3.22. The minimum Gasteiger partial charge on any atom is -0.385 e. The maximum Gasteiger partial charge on any atom is 0.123 e. The molecule has 0 radical (unpaired) electrons. The second-order valence-corrected chi connectivity index (χ2v) is 4.54. The molecule has 0 bridgehead atoms. The minimum atomic E-state index is -0.830. The van der Waals surface area contributed by atoms with E-state index in [9.17, 15) is 9.50 Å². The molecule has 0 aromatic heterocycles. The molecule has 0 spiro atoms. The first-order valence-corrected chi connectivity index (χ1v) is 5.62. The Labute approximate surface area is 89.9 Å². The molecular weight excluding hydrogens is 191 g/mol. The Morgan fingerprint density at radius 1 is 1.47 bits per heavy atom. The lowest BCUT2D eigenvalue weighted by Crippen LogP contribution is -2.25. The fourth-order valence-electron chi connectivity index (χ4n) is 2.04. The van der Waals surface area contributed by atoms with E-state index in [0.29, 0.717) is 12.3 Å². The van der Waals surface area contributed by atoms with Crippen LogP contribution in [0.5, 0.6) is 0 Å². The van der Waals surface area contributed by atoms with Gasteiger partial charge in [-0.15, -0.1) is 0 Å². The van der Waals surface area contributed by atoms with Gasteiger partial charge in [-0.05, 0) is 36.5 Å². The quantitative estimate of drug-likeness (QED) is 0.805. The molecule has 0 amide bonds. The third-order valence-corrected chi connectivity index (χ3v) is 3.27. The van der Waals surface area contributed by atoms with Crippen LogP contribution < -0.4 is 0 Å². The molecule has 1 aliphatic rings. The van der Waals surface area contributed by atoms with Crippen molar-refractivity contribution in [3.8, 4) is 0 Å². The fraction of sp³-hybridized carbons (Fsp3) is 0.538. The maximum atomic E-state index is 13.1. The van der Waals surface area contributed by atoms with Gasteiger partial charge in [-0.1, -0.05) is 31.9 Å². The summed E-state index contributed by atoms with van der Waals surface area (Å²) in [4.78, 5) is 0. The van der Waals surface area contributed by atoms with Gasteiger partial charge in [0.15, 0.2) is 0 Å². The Morgan fingerprint density at radius 2 is 2.20 bits per heavy atom. The van der Waals surface area contributed by atoms with Crippen LogP contribution in [-0.4, -0.2) is 5.11 Å². The van der Waals surface area contributed by atoms with Crippen LogP contribution >= 0.6 is 0 Å². The molecule has 1 aromatic rings. The number of aliphatic hydroxyl groups is 1. The zero-order chi connectivity index (χ0) is 10.9. The highest BCUT2D eigenvalue weighted by Gasteiger charge is 2.35. The largest absolute Gasteiger partial charge is 0.385 e. The van der Waals surface area contributed by atoms with Crippen molar-refractivity contribution in [2.24, 2.45) is 5.92 Å². The van der Waals surface area contributed by atoms with Crippen molar-refractivity contribution >= 4 is 0 Å². The maximum absolute atomic E-state index is 13.1. The monoisotopic (exact) mass is 208 g/mol. The van der Waals surface area contributed by atoms with E-state index in [1.165, 1.54) is 25.0 Å². The molecule has 1 saturated carbocycles. The Morgan fingerprint density at radius 3 is 2.73 bits per heavy atom. The normalized spacial score (nSPS) is 19.9. The molecule has 1 N–H and O–H groups in total. The lowest BCUT2D eigenvalue weighted by atomic mass is 9.86. The highest BCUT2D eigenvalue weighted by Crippen LogP contribution is 2.42. The molecule has 1 aliphatic carbocycles. The van der Waals surface area contributed by atoms with E-state index in [2.05, 4.69) is 0 Å². The third kappa shape index (κ3) is 2.37. The number of hydrogen-bond acceptors (Lipinski definition) is 1. The van der Waals surface area contributed by atoms with Crippen molar-refractivity contribution in [2.75, 3.05) is 0 Å². The molecular formula is C13H17FO. The summed E-state index contributed by atoms with van der Waals surface area (Å²) >= 11 is 0. The van der Waals surface area contributed by atoms with Crippen LogP contribution in [0.4, 0.5) is 4.39 Å². The topological polar surface area (TPSA) is 20.2 Å². The molecule has 15 heavy (non-hydrogen) atoms. The molecule has 2 heteroatoms. The molecule has 2 rings (SSSR count). The first-order chi connectivity index (χ1) is 7.14. The Balaban J connectivity index is 2.23. The lowest BCUT2D eigenvalue weighted by molar-refractivity contribution is 0.0174. The Kier molecular flexibility index (Phi) is 2.79. The first-order valence-electron chi connectivity index (χ1n) is 5.62. The van der Waals surface area contributed by atoms with E-state index < -0.39 is 5.60 Å². The van der Waals surface area contributed by atoms with Crippen LogP contribution in [0.1, 0.15) is 38.2 Å². The van der Waals surface area contributed by atoms with Gasteiger partial charge in [0.2, 0.25) is 0 Å². The molecule has 0 heterocycles. The summed E-state index contributed by atoms with van der Waals surface area (Å²) in [7, 11) is 0. The average Bonchev–Trinajstić information content (AvgIpc) is 3.01. The molecule has 1 atom stereocenters. The SMILES string of the molecule is CCC(O)(CC1CC1)c1cccc(F)c1. The molecule has 1 fully saturated rings. The number of benzene rings is 1. The van der Waals surface area contributed by atoms with Crippen LogP contribution in [0.25, 0.3) is 0 Å². The average molecular weight is 208 g/mol. The van der Waals surface area contributed by atoms with Crippen LogP contribution in [-0.2, 0) is 5.60 Å². The summed E-state index contributed by atoms with van der Waals surface area (Å²) in [6.45, 7) is 1.95. The lowest BCUT2D eigenvalue weighted by Gasteiger charge is -2.27. The zero-order valence-electron chi connectivity index (χ0n) is 9.04. The summed E-state index contributed by atoms with van der Waals surface area (Å²) in [5.74, 6) is 0.369. The van der Waals surface area contributed by atoms with Crippen LogP contribution in [0.15, 0.2) is 24.3 Å². The van der Waals surface area contributed by atoms with E-state index in [0.717, 1.165) is 12.0 Å². The van der Waals surface area contributed by atoms with Gasteiger partial charge in [0.1, 0.15) is 5.82 Å². The standard InChI is InChI=1S/C13H17FO/c1-2-13(15,9-10-6-7-10)11-4-3-5-12(14)8-11/h3-5,8,10,15H,2,6-7,9H2,1H3. The number of halogens is 1. The minimum absolute atomic E-state index is 0.268. The number of hydrogen-bond donors (Lipinski definition) is 1. The summed E-state index contributed by atoms with van der Waals surface area (Å²) in [5.41, 5.74) is -0.111. The summed E-state index contributed by atoms with van der Waals surface area (Å²) < 4.78 is 13.1. The molecule has 1 nitrogen and oxygen atoms in total. The second-order valence-electron chi connectivity index (χ2n) is 4.54. The molecule has 1 unspecified atom stereocenters. The number of rotatable bonds is 4. The first kappa shape index (κ1) is 10.6. The Hall–Kier alpha value is -0.890. The van der Waals surface area contributed by atoms with E-state index in [-0.39, 0.29) is 5.82 Å². The van der Waals surface area contributed by atoms with E-state index in [1.807, 2.05) is 13.0 Å². The highest BCUT2D eigenvalue weighted by molar-refractivity contribution is 5.23. The van der Waals surface area contributed by atoms with Crippen molar-refractivity contribution in [3.63, 3.8) is 0 Å². The van der Waals surface area contributed by atoms with E-state index in [1.54, 1.807) is 6.07 Å². The summed E-state index contributed by atoms with van der Waals surface area (Å²) in [6, 6.07) is 6.34. The van der Waals surface area contributed by atoms with Crippen molar-refractivity contribution in [1.29, 1.82) is 0 Å². The second kappa shape index (κ2) is 3.93. The molecule has 82 valence electrons. The van der Waals surface area contributed by atoms with Crippen molar-refractivity contribution in [3.05, 3.63) is 35.6 Å². The van der Waals surface area contributed by atoms with E-state index >= 15 is 0 Å². The van der Waals surface area contributed by atoms with E-state index in [4.69, 9.17) is 0 Å². The molecule has 0 aliphatic heterocycles. The predicted molar refractivity (Wildman–Crippen MR) is 57.9 cm³/mol. The van der Waals surface area contributed by atoms with Gasteiger partial charge in [0.05, 0.1) is 5.60 Å². The van der Waals surface area contributed by atoms with Crippen molar-refractivity contribution in [1.82, 2.24) is 0 Å². The van der Waals surface area contributed by atoms with Crippen LogP contribution in [0, 0.1) is 11.7 Å². The van der Waals surface area contributed by atoms with Crippen molar-refractivity contribution in [2.45, 2.75) is 38.2 Å². The fourth-order valence-corrected chi connectivity index (χ4v) is 2.04. The van der Waals surface area contributed by atoms with Crippen molar-refractivity contribution < 1.29 is 9.50 Å². The molecule has 0 saturated heterocycles. The third-order valence-electron chi connectivity index (χ3n) is 3.27. The molecule has 1 aromatic carbocycles. The van der Waals surface area contributed by atoms with Crippen LogP contribution in [0.3, 0.4) is 0 Å². The zero-order valence-corrected chi connectivity index (χ0v) is 9.04. The van der Waals surface area contributed by atoms with Gasteiger partial charge in [-0.25, -0.2) is 4.39 Å². The van der Waals surface area contributed by atoms with Gasteiger partial charge >= 0.3 is 0 Å². The van der Waals surface area contributed by atoms with Gasteiger partial charge in [-0.2, -0.15) is 0 Å². The smallest absolute Gasteiger partial charge is 0.123 e.